The summed E-state index contributed by atoms with van der Waals surface area (Å²) < 4.78 is 7.27. The van der Waals surface area contributed by atoms with Crippen molar-refractivity contribution >= 4 is 5.91 Å². The number of amides is 1. The van der Waals surface area contributed by atoms with Crippen LogP contribution >= 0.6 is 0 Å². The minimum atomic E-state index is -0.0568. The lowest BCUT2D eigenvalue weighted by Crippen LogP contribution is -2.44. The quantitative estimate of drug-likeness (QED) is 0.946. The lowest BCUT2D eigenvalue weighted by atomic mass is 9.88. The van der Waals surface area contributed by atoms with Gasteiger partial charge in [-0.15, -0.1) is 0 Å². The van der Waals surface area contributed by atoms with Crippen molar-refractivity contribution in [1.29, 1.82) is 0 Å². The molecule has 1 amide bonds. The number of carbonyl (C=O) groups is 1. The van der Waals surface area contributed by atoms with Gasteiger partial charge in [0.05, 0.1) is 24.9 Å². The highest BCUT2D eigenvalue weighted by Crippen LogP contribution is 2.27. The predicted octanol–water partition coefficient (Wildman–Crippen LogP) is 2.34. The lowest BCUT2D eigenvalue weighted by molar-refractivity contribution is 0.0915. The molecule has 0 saturated carbocycles. The van der Waals surface area contributed by atoms with Crippen molar-refractivity contribution in [3.8, 4) is 5.69 Å². The maximum Gasteiger partial charge on any atom is 0.251 e. The van der Waals surface area contributed by atoms with Crippen LogP contribution < -0.4 is 5.32 Å². The van der Waals surface area contributed by atoms with Crippen LogP contribution in [-0.4, -0.2) is 34.9 Å². The summed E-state index contributed by atoms with van der Waals surface area (Å²) in [4.78, 5) is 12.4. The molecular formula is C17H21N3O2. The second-order valence-electron chi connectivity index (χ2n) is 6.48. The Bertz CT molecular complexity index is 677. The molecule has 1 aromatic heterocycles. The number of benzene rings is 1. The fraction of sp³-hybridized carbons (Fsp3) is 0.412. The number of aromatic nitrogens is 2. The highest BCUT2D eigenvalue weighted by atomic mass is 16.5. The Morgan fingerprint density at radius 3 is 2.86 bits per heavy atom. The lowest BCUT2D eigenvalue weighted by Gasteiger charge is -2.25. The first-order chi connectivity index (χ1) is 10.5. The van der Waals surface area contributed by atoms with Gasteiger partial charge in [-0.2, -0.15) is 5.10 Å². The summed E-state index contributed by atoms with van der Waals surface area (Å²) >= 11 is 0. The molecule has 0 spiro atoms. The molecule has 1 aliphatic rings. The van der Waals surface area contributed by atoms with E-state index in [4.69, 9.17) is 4.74 Å². The first-order valence-corrected chi connectivity index (χ1v) is 7.47. The topological polar surface area (TPSA) is 56.1 Å². The molecule has 1 aliphatic heterocycles. The summed E-state index contributed by atoms with van der Waals surface area (Å²) in [7, 11) is 0. The molecule has 0 bridgehead atoms. The van der Waals surface area contributed by atoms with Gasteiger partial charge in [-0.3, -0.25) is 4.79 Å². The van der Waals surface area contributed by atoms with Gasteiger partial charge in [0.25, 0.3) is 5.91 Å². The number of aryl methyl sites for hydroxylation is 1. The van der Waals surface area contributed by atoms with E-state index in [2.05, 4.69) is 24.3 Å². The van der Waals surface area contributed by atoms with Crippen molar-refractivity contribution < 1.29 is 9.53 Å². The highest BCUT2D eigenvalue weighted by Gasteiger charge is 2.36. The molecule has 1 unspecified atom stereocenters. The number of ether oxygens (including phenoxy) is 1. The van der Waals surface area contributed by atoms with Crippen LogP contribution in [0.1, 0.15) is 29.8 Å². The van der Waals surface area contributed by atoms with Crippen LogP contribution in [0.3, 0.4) is 0 Å². The van der Waals surface area contributed by atoms with Crippen molar-refractivity contribution in [2.75, 3.05) is 13.2 Å². The smallest absolute Gasteiger partial charge is 0.251 e. The molecular weight excluding hydrogens is 278 g/mol. The highest BCUT2D eigenvalue weighted by molar-refractivity contribution is 5.95. The molecule has 5 heteroatoms. The zero-order valence-corrected chi connectivity index (χ0v) is 13.2. The van der Waals surface area contributed by atoms with Gasteiger partial charge < -0.3 is 10.1 Å². The van der Waals surface area contributed by atoms with Gasteiger partial charge in [0.2, 0.25) is 0 Å². The Labute approximate surface area is 130 Å². The Morgan fingerprint density at radius 1 is 1.45 bits per heavy atom. The number of hydrogen-bond acceptors (Lipinski definition) is 3. The van der Waals surface area contributed by atoms with Crippen LogP contribution in [0.2, 0.25) is 0 Å². The molecule has 0 aliphatic carbocycles. The fourth-order valence-corrected chi connectivity index (χ4v) is 2.71. The molecule has 22 heavy (non-hydrogen) atoms. The third kappa shape index (κ3) is 2.76. The largest absolute Gasteiger partial charge is 0.379 e. The maximum atomic E-state index is 12.4. The minimum Gasteiger partial charge on any atom is -0.379 e. The van der Waals surface area contributed by atoms with Crippen molar-refractivity contribution in [3.63, 3.8) is 0 Å². The first kappa shape index (κ1) is 14.8. The number of hydrogen-bond donors (Lipinski definition) is 1. The fourth-order valence-electron chi connectivity index (χ4n) is 2.71. The van der Waals surface area contributed by atoms with E-state index in [1.807, 2.05) is 37.4 Å². The maximum absolute atomic E-state index is 12.4. The standard InChI is InChI=1S/C17H21N3O2/c1-12-9-13(5-6-14(12)20-8-4-7-18-20)16(21)19-15-10-22-11-17(15,2)3/h4-9,15H,10-11H2,1-3H3,(H,19,21). The molecule has 1 aromatic carbocycles. The summed E-state index contributed by atoms with van der Waals surface area (Å²) in [6.45, 7) is 7.45. The van der Waals surface area contributed by atoms with Crippen LogP contribution in [0.5, 0.6) is 0 Å². The number of rotatable bonds is 3. The van der Waals surface area contributed by atoms with E-state index in [0.29, 0.717) is 18.8 Å². The summed E-state index contributed by atoms with van der Waals surface area (Å²) in [5.41, 5.74) is 2.63. The van der Waals surface area contributed by atoms with Gasteiger partial charge in [-0.25, -0.2) is 4.68 Å². The molecule has 0 radical (unpaired) electrons. The molecule has 1 N–H and O–H groups in total. The average molecular weight is 299 g/mol. The van der Waals surface area contributed by atoms with Crippen LogP contribution in [0, 0.1) is 12.3 Å². The molecule has 5 nitrogen and oxygen atoms in total. The van der Waals surface area contributed by atoms with Gasteiger partial charge >= 0.3 is 0 Å². The Kier molecular flexibility index (Phi) is 3.74. The Morgan fingerprint density at radius 2 is 2.27 bits per heavy atom. The van der Waals surface area contributed by atoms with E-state index < -0.39 is 0 Å². The monoisotopic (exact) mass is 299 g/mol. The predicted molar refractivity (Wildman–Crippen MR) is 84.2 cm³/mol. The second kappa shape index (κ2) is 5.57. The zero-order chi connectivity index (χ0) is 15.7. The van der Waals surface area contributed by atoms with E-state index in [9.17, 15) is 4.79 Å². The van der Waals surface area contributed by atoms with Crippen molar-refractivity contribution in [3.05, 3.63) is 47.8 Å². The van der Waals surface area contributed by atoms with Crippen LogP contribution in [0.25, 0.3) is 5.69 Å². The van der Waals surface area contributed by atoms with E-state index in [-0.39, 0.29) is 17.4 Å². The molecule has 3 rings (SSSR count). The van der Waals surface area contributed by atoms with Crippen molar-refractivity contribution in [2.45, 2.75) is 26.8 Å². The van der Waals surface area contributed by atoms with E-state index in [0.717, 1.165) is 11.3 Å². The van der Waals surface area contributed by atoms with E-state index in [1.165, 1.54) is 0 Å². The average Bonchev–Trinajstić information content (AvgIpc) is 3.09. The summed E-state index contributed by atoms with van der Waals surface area (Å²) in [5.74, 6) is -0.0568. The number of nitrogens with zero attached hydrogens (tertiary/aromatic N) is 2. The van der Waals surface area contributed by atoms with E-state index in [1.54, 1.807) is 10.9 Å². The molecule has 116 valence electrons. The van der Waals surface area contributed by atoms with Crippen molar-refractivity contribution in [1.82, 2.24) is 15.1 Å². The van der Waals surface area contributed by atoms with Gasteiger partial charge in [0.1, 0.15) is 0 Å². The SMILES string of the molecule is Cc1cc(C(=O)NC2COCC2(C)C)ccc1-n1cccn1. The van der Waals surface area contributed by atoms with Crippen LogP contribution in [-0.2, 0) is 4.74 Å². The first-order valence-electron chi connectivity index (χ1n) is 7.47. The third-order valence-electron chi connectivity index (χ3n) is 4.22. The van der Waals surface area contributed by atoms with Crippen LogP contribution in [0.4, 0.5) is 0 Å². The van der Waals surface area contributed by atoms with Gasteiger partial charge in [0, 0.05) is 23.4 Å². The molecule has 2 heterocycles. The summed E-state index contributed by atoms with van der Waals surface area (Å²) in [6, 6.07) is 7.58. The molecule has 1 saturated heterocycles. The second-order valence-corrected chi connectivity index (χ2v) is 6.48. The summed E-state index contributed by atoms with van der Waals surface area (Å²) in [6.07, 6.45) is 3.63. The molecule has 2 aromatic rings. The van der Waals surface area contributed by atoms with Crippen molar-refractivity contribution in [2.24, 2.45) is 5.41 Å². The third-order valence-corrected chi connectivity index (χ3v) is 4.22. The van der Waals surface area contributed by atoms with Gasteiger partial charge in [-0.05, 0) is 36.8 Å². The van der Waals surface area contributed by atoms with Gasteiger partial charge in [-0.1, -0.05) is 13.8 Å². The summed E-state index contributed by atoms with van der Waals surface area (Å²) in [5, 5.41) is 7.30. The number of carbonyl (C=O) groups excluding carboxylic acids is 1. The Balaban J connectivity index is 1.78. The molecule has 1 atom stereocenters. The minimum absolute atomic E-state index is 0.0281. The number of nitrogens with one attached hydrogen (secondary N) is 1. The van der Waals surface area contributed by atoms with Gasteiger partial charge in [0.15, 0.2) is 0 Å². The zero-order valence-electron chi connectivity index (χ0n) is 13.2. The normalized spacial score (nSPS) is 20.0. The van der Waals surface area contributed by atoms with E-state index >= 15 is 0 Å². The Hall–Kier alpha value is -2.14. The van der Waals surface area contributed by atoms with Crippen LogP contribution in [0.15, 0.2) is 36.7 Å². The molecule has 1 fully saturated rings.